The first-order valence-corrected chi connectivity index (χ1v) is 10.1. The minimum absolute atomic E-state index is 0.0374. The second-order valence-electron chi connectivity index (χ2n) is 7.37. The van der Waals surface area contributed by atoms with E-state index in [2.05, 4.69) is 0 Å². The number of hydrogen-bond acceptors (Lipinski definition) is 6. The van der Waals surface area contributed by atoms with E-state index in [-0.39, 0.29) is 18.0 Å². The minimum Gasteiger partial charge on any atom is -0.497 e. The van der Waals surface area contributed by atoms with Crippen LogP contribution in [0.2, 0.25) is 0 Å². The molecule has 0 aliphatic heterocycles. The maximum absolute atomic E-state index is 13.8. The van der Waals surface area contributed by atoms with Gasteiger partial charge in [-0.25, -0.2) is 14.0 Å². The van der Waals surface area contributed by atoms with Crippen molar-refractivity contribution in [2.45, 2.75) is 6.61 Å². The molecule has 0 amide bonds. The van der Waals surface area contributed by atoms with Crippen molar-refractivity contribution in [1.29, 1.82) is 0 Å². The molecular weight excluding hydrogens is 427 g/mol. The number of ether oxygens (including phenoxy) is 2. The van der Waals surface area contributed by atoms with Gasteiger partial charge in [0.25, 0.3) is 0 Å². The van der Waals surface area contributed by atoms with Crippen LogP contribution in [0.1, 0.15) is 5.56 Å². The lowest BCUT2D eigenvalue weighted by Crippen LogP contribution is -2.06. The minimum atomic E-state index is -0.614. The predicted molar refractivity (Wildman–Crippen MR) is 121 cm³/mol. The summed E-state index contributed by atoms with van der Waals surface area (Å²) in [5.74, 6) is 0.600. The second kappa shape index (κ2) is 8.27. The lowest BCUT2D eigenvalue weighted by molar-refractivity contribution is 0.300. The molecule has 0 saturated heterocycles. The van der Waals surface area contributed by atoms with E-state index in [9.17, 15) is 14.0 Å². The molecule has 7 heteroatoms. The molecule has 0 aliphatic carbocycles. The topological polar surface area (TPSA) is 78.9 Å². The normalized spacial score (nSPS) is 11.1. The molecule has 3 aromatic carbocycles. The molecule has 33 heavy (non-hydrogen) atoms. The molecular formula is C26H17FO6. The number of rotatable bonds is 5. The Morgan fingerprint density at radius 1 is 0.818 bits per heavy atom. The van der Waals surface area contributed by atoms with Crippen LogP contribution in [-0.2, 0) is 6.61 Å². The van der Waals surface area contributed by atoms with Crippen molar-refractivity contribution in [2.24, 2.45) is 0 Å². The third kappa shape index (κ3) is 3.96. The highest BCUT2D eigenvalue weighted by Gasteiger charge is 2.15. The maximum Gasteiger partial charge on any atom is 0.344 e. The fourth-order valence-corrected chi connectivity index (χ4v) is 3.64. The fraction of sp³-hybridized carbons (Fsp3) is 0.0769. The second-order valence-corrected chi connectivity index (χ2v) is 7.37. The van der Waals surface area contributed by atoms with Crippen LogP contribution in [0.15, 0.2) is 91.2 Å². The zero-order chi connectivity index (χ0) is 22.9. The summed E-state index contributed by atoms with van der Waals surface area (Å²) in [4.78, 5) is 25.0. The molecule has 0 spiro atoms. The predicted octanol–water partition coefficient (Wildman–Crippen LogP) is 5.29. The van der Waals surface area contributed by atoms with Crippen LogP contribution < -0.4 is 20.7 Å². The average molecular weight is 444 g/mol. The molecule has 0 N–H and O–H groups in total. The zero-order valence-corrected chi connectivity index (χ0v) is 17.5. The highest BCUT2D eigenvalue weighted by Crippen LogP contribution is 2.30. The smallest absolute Gasteiger partial charge is 0.344 e. The van der Waals surface area contributed by atoms with Gasteiger partial charge >= 0.3 is 11.3 Å². The van der Waals surface area contributed by atoms with Crippen molar-refractivity contribution in [1.82, 2.24) is 0 Å². The molecule has 164 valence electrons. The molecule has 0 bridgehead atoms. The van der Waals surface area contributed by atoms with E-state index in [4.69, 9.17) is 18.3 Å². The molecule has 0 unspecified atom stereocenters. The van der Waals surface area contributed by atoms with Gasteiger partial charge in [0.15, 0.2) is 0 Å². The van der Waals surface area contributed by atoms with Crippen molar-refractivity contribution in [2.75, 3.05) is 7.11 Å². The van der Waals surface area contributed by atoms with Gasteiger partial charge in [0.1, 0.15) is 35.1 Å². The van der Waals surface area contributed by atoms with Crippen LogP contribution in [-0.4, -0.2) is 7.11 Å². The van der Waals surface area contributed by atoms with Gasteiger partial charge in [-0.2, -0.15) is 0 Å². The number of methoxy groups -OCH3 is 1. The quantitative estimate of drug-likeness (QED) is 0.343. The van der Waals surface area contributed by atoms with E-state index in [0.717, 1.165) is 0 Å². The summed E-state index contributed by atoms with van der Waals surface area (Å²) in [5.41, 5.74) is 0.446. The van der Waals surface area contributed by atoms with Crippen LogP contribution in [0.5, 0.6) is 11.5 Å². The van der Waals surface area contributed by atoms with Gasteiger partial charge < -0.3 is 18.3 Å². The van der Waals surface area contributed by atoms with E-state index in [1.54, 1.807) is 60.7 Å². The summed E-state index contributed by atoms with van der Waals surface area (Å²) in [6.45, 7) is 0.0374. The number of benzene rings is 3. The Kier molecular flexibility index (Phi) is 5.14. The van der Waals surface area contributed by atoms with Gasteiger partial charge in [-0.3, -0.25) is 0 Å². The first-order chi connectivity index (χ1) is 16.0. The Bertz CT molecular complexity index is 1620. The van der Waals surface area contributed by atoms with Crippen LogP contribution in [0.25, 0.3) is 33.1 Å². The van der Waals surface area contributed by atoms with Gasteiger partial charge in [-0.15, -0.1) is 0 Å². The Balaban J connectivity index is 1.54. The lowest BCUT2D eigenvalue weighted by Gasteiger charge is -2.09. The molecule has 6 nitrogen and oxygen atoms in total. The van der Waals surface area contributed by atoms with Crippen LogP contribution in [0.4, 0.5) is 4.39 Å². The average Bonchev–Trinajstić information content (AvgIpc) is 2.82. The fourth-order valence-electron chi connectivity index (χ4n) is 3.64. The van der Waals surface area contributed by atoms with E-state index in [1.807, 2.05) is 0 Å². The first-order valence-electron chi connectivity index (χ1n) is 10.1. The molecule has 5 rings (SSSR count). The molecule has 0 fully saturated rings. The molecule has 2 aromatic heterocycles. The van der Waals surface area contributed by atoms with Gasteiger partial charge in [0.05, 0.1) is 12.7 Å². The molecule has 0 aliphatic rings. The van der Waals surface area contributed by atoms with Crippen LogP contribution >= 0.6 is 0 Å². The van der Waals surface area contributed by atoms with Gasteiger partial charge in [0, 0.05) is 40.1 Å². The monoisotopic (exact) mass is 444 g/mol. The summed E-state index contributed by atoms with van der Waals surface area (Å²) in [6.07, 6.45) is 0. The highest BCUT2D eigenvalue weighted by atomic mass is 19.1. The third-order valence-corrected chi connectivity index (χ3v) is 5.30. The maximum atomic E-state index is 13.8. The molecule has 0 radical (unpaired) electrons. The summed E-state index contributed by atoms with van der Waals surface area (Å²) >= 11 is 0. The SMILES string of the molecule is COc1ccc2c(-c3cc4ccc(OCc5ccccc5F)cc4oc3=O)cc(=O)oc2c1. The van der Waals surface area contributed by atoms with E-state index in [0.29, 0.717) is 44.6 Å². The Hall–Kier alpha value is -4.39. The molecule has 0 atom stereocenters. The molecule has 2 heterocycles. The van der Waals surface area contributed by atoms with Gasteiger partial charge in [-0.05, 0) is 36.4 Å². The largest absolute Gasteiger partial charge is 0.497 e. The summed E-state index contributed by atoms with van der Waals surface area (Å²) < 4.78 is 35.5. The van der Waals surface area contributed by atoms with Crippen molar-refractivity contribution < 1.29 is 22.7 Å². The Morgan fingerprint density at radius 2 is 1.61 bits per heavy atom. The van der Waals surface area contributed by atoms with E-state index < -0.39 is 11.3 Å². The summed E-state index contributed by atoms with van der Waals surface area (Å²) in [5, 5.41) is 1.21. The third-order valence-electron chi connectivity index (χ3n) is 5.30. The van der Waals surface area contributed by atoms with Crippen molar-refractivity contribution in [3.8, 4) is 22.6 Å². The van der Waals surface area contributed by atoms with Crippen molar-refractivity contribution in [3.63, 3.8) is 0 Å². The van der Waals surface area contributed by atoms with E-state index >= 15 is 0 Å². The number of hydrogen-bond donors (Lipinski definition) is 0. The van der Waals surface area contributed by atoms with Crippen molar-refractivity contribution >= 4 is 21.9 Å². The highest BCUT2D eigenvalue weighted by molar-refractivity contribution is 5.95. The summed E-state index contributed by atoms with van der Waals surface area (Å²) in [6, 6.07) is 19.3. The number of halogens is 1. The molecule has 5 aromatic rings. The first kappa shape index (κ1) is 20.5. The lowest BCUT2D eigenvalue weighted by atomic mass is 10.0. The van der Waals surface area contributed by atoms with Gasteiger partial charge in [-0.1, -0.05) is 18.2 Å². The number of fused-ring (bicyclic) bond motifs is 2. The van der Waals surface area contributed by atoms with Crippen LogP contribution in [0, 0.1) is 5.82 Å². The molecule has 0 saturated carbocycles. The Labute approximate surface area is 186 Å². The standard InChI is InChI=1S/C26H17FO6/c1-30-17-8-9-19-20(13-25(28)32-24(19)11-17)21-10-15-6-7-18(12-23(15)33-26(21)29)31-14-16-4-2-3-5-22(16)27/h2-13H,14H2,1H3. The Morgan fingerprint density at radius 3 is 2.42 bits per heavy atom. The van der Waals surface area contributed by atoms with Crippen molar-refractivity contribution in [3.05, 3.63) is 105 Å². The zero-order valence-electron chi connectivity index (χ0n) is 17.5. The van der Waals surface area contributed by atoms with Gasteiger partial charge in [0.2, 0.25) is 0 Å². The van der Waals surface area contributed by atoms with E-state index in [1.165, 1.54) is 19.2 Å². The summed E-state index contributed by atoms with van der Waals surface area (Å²) in [7, 11) is 1.51. The van der Waals surface area contributed by atoms with Crippen LogP contribution in [0.3, 0.4) is 0 Å².